The molecule has 3 aromatic rings. The largest absolute Gasteiger partial charge is 0.496 e. The average Bonchev–Trinajstić information content (AvgIpc) is 3.14. The van der Waals surface area contributed by atoms with Crippen molar-refractivity contribution in [2.24, 2.45) is 5.10 Å². The molecule has 0 N–H and O–H groups in total. The molecule has 0 bridgehead atoms. The SMILES string of the molecule is COc1ccccc1C1=NN(c2cccc(Cl)c2)C(c2ccccc2)C1. The zero-order valence-corrected chi connectivity index (χ0v) is 15.2. The van der Waals surface area contributed by atoms with Crippen molar-refractivity contribution in [1.82, 2.24) is 0 Å². The van der Waals surface area contributed by atoms with Crippen molar-refractivity contribution in [3.63, 3.8) is 0 Å². The molecular weight excluding hydrogens is 344 g/mol. The maximum Gasteiger partial charge on any atom is 0.127 e. The van der Waals surface area contributed by atoms with Gasteiger partial charge in [0, 0.05) is 17.0 Å². The van der Waals surface area contributed by atoms with Gasteiger partial charge in [-0.2, -0.15) is 5.10 Å². The van der Waals surface area contributed by atoms with Crippen LogP contribution in [0.1, 0.15) is 23.6 Å². The smallest absolute Gasteiger partial charge is 0.127 e. The number of anilines is 1. The highest BCUT2D eigenvalue weighted by molar-refractivity contribution is 6.30. The molecule has 1 heterocycles. The molecule has 0 aliphatic carbocycles. The lowest BCUT2D eigenvalue weighted by Gasteiger charge is -2.24. The van der Waals surface area contributed by atoms with Gasteiger partial charge >= 0.3 is 0 Å². The van der Waals surface area contributed by atoms with E-state index in [-0.39, 0.29) is 6.04 Å². The molecule has 3 nitrogen and oxygen atoms in total. The fraction of sp³-hybridized carbons (Fsp3) is 0.136. The van der Waals surface area contributed by atoms with E-state index in [9.17, 15) is 0 Å². The molecule has 3 aromatic carbocycles. The summed E-state index contributed by atoms with van der Waals surface area (Å²) < 4.78 is 5.54. The Balaban J connectivity index is 1.79. The summed E-state index contributed by atoms with van der Waals surface area (Å²) in [5.41, 5.74) is 4.24. The molecule has 1 aliphatic heterocycles. The lowest BCUT2D eigenvalue weighted by atomic mass is 9.98. The Bertz CT molecular complexity index is 940. The van der Waals surface area contributed by atoms with Crippen LogP contribution in [0.3, 0.4) is 0 Å². The van der Waals surface area contributed by atoms with Crippen molar-refractivity contribution < 1.29 is 4.74 Å². The van der Waals surface area contributed by atoms with Gasteiger partial charge in [-0.15, -0.1) is 0 Å². The molecule has 26 heavy (non-hydrogen) atoms. The molecule has 0 spiro atoms. The first-order valence-electron chi connectivity index (χ1n) is 8.57. The fourth-order valence-corrected chi connectivity index (χ4v) is 3.53. The van der Waals surface area contributed by atoms with Crippen molar-refractivity contribution in [2.45, 2.75) is 12.5 Å². The molecule has 130 valence electrons. The molecule has 0 amide bonds. The number of halogens is 1. The van der Waals surface area contributed by atoms with Gasteiger partial charge in [0.2, 0.25) is 0 Å². The second-order valence-electron chi connectivity index (χ2n) is 6.20. The van der Waals surface area contributed by atoms with Crippen molar-refractivity contribution >= 4 is 23.0 Å². The average molecular weight is 363 g/mol. The number of para-hydroxylation sites is 1. The van der Waals surface area contributed by atoms with Crippen LogP contribution in [0.2, 0.25) is 5.02 Å². The van der Waals surface area contributed by atoms with Gasteiger partial charge in [0.05, 0.1) is 24.6 Å². The number of rotatable bonds is 4. The summed E-state index contributed by atoms with van der Waals surface area (Å²) >= 11 is 6.22. The van der Waals surface area contributed by atoms with Crippen LogP contribution in [0.25, 0.3) is 0 Å². The van der Waals surface area contributed by atoms with Crippen LogP contribution in [0.15, 0.2) is 84.0 Å². The first kappa shape index (κ1) is 16.7. The van der Waals surface area contributed by atoms with Crippen LogP contribution in [0, 0.1) is 0 Å². The van der Waals surface area contributed by atoms with Gasteiger partial charge in [-0.3, -0.25) is 5.01 Å². The van der Waals surface area contributed by atoms with Crippen LogP contribution in [0.5, 0.6) is 5.75 Å². The van der Waals surface area contributed by atoms with E-state index in [2.05, 4.69) is 35.3 Å². The van der Waals surface area contributed by atoms with E-state index in [0.717, 1.165) is 29.1 Å². The molecule has 1 aliphatic rings. The van der Waals surface area contributed by atoms with Crippen LogP contribution >= 0.6 is 11.6 Å². The summed E-state index contributed by atoms with van der Waals surface area (Å²) in [6.45, 7) is 0. The zero-order valence-electron chi connectivity index (χ0n) is 14.5. The summed E-state index contributed by atoms with van der Waals surface area (Å²) in [6.07, 6.45) is 0.802. The number of ether oxygens (including phenoxy) is 1. The second-order valence-corrected chi connectivity index (χ2v) is 6.64. The number of benzene rings is 3. The molecule has 0 fully saturated rings. The second kappa shape index (κ2) is 7.22. The van der Waals surface area contributed by atoms with Gasteiger partial charge < -0.3 is 4.74 Å². The third-order valence-corrected chi connectivity index (χ3v) is 4.82. The van der Waals surface area contributed by atoms with Crippen LogP contribution in [0.4, 0.5) is 5.69 Å². The Morgan fingerprint density at radius 3 is 2.50 bits per heavy atom. The van der Waals surface area contributed by atoms with Gasteiger partial charge in [0.25, 0.3) is 0 Å². The van der Waals surface area contributed by atoms with E-state index in [1.54, 1.807) is 7.11 Å². The highest BCUT2D eigenvalue weighted by atomic mass is 35.5. The van der Waals surface area contributed by atoms with Gasteiger partial charge in [-0.1, -0.05) is 60.1 Å². The van der Waals surface area contributed by atoms with E-state index >= 15 is 0 Å². The van der Waals surface area contributed by atoms with E-state index < -0.39 is 0 Å². The normalized spacial score (nSPS) is 16.5. The zero-order chi connectivity index (χ0) is 17.9. The first-order valence-corrected chi connectivity index (χ1v) is 8.94. The maximum absolute atomic E-state index is 6.22. The summed E-state index contributed by atoms with van der Waals surface area (Å²) in [7, 11) is 1.69. The number of hydrogen-bond donors (Lipinski definition) is 0. The monoisotopic (exact) mass is 362 g/mol. The summed E-state index contributed by atoms with van der Waals surface area (Å²) in [5.74, 6) is 0.839. The third-order valence-electron chi connectivity index (χ3n) is 4.59. The Morgan fingerprint density at radius 2 is 1.73 bits per heavy atom. The van der Waals surface area contributed by atoms with Crippen LogP contribution in [-0.2, 0) is 0 Å². The van der Waals surface area contributed by atoms with E-state index in [1.165, 1.54) is 5.56 Å². The Hall–Kier alpha value is -2.78. The topological polar surface area (TPSA) is 24.8 Å². The Kier molecular flexibility index (Phi) is 4.63. The fourth-order valence-electron chi connectivity index (χ4n) is 3.35. The van der Waals surface area contributed by atoms with Gasteiger partial charge in [0.1, 0.15) is 5.75 Å². The van der Waals surface area contributed by atoms with Gasteiger partial charge in [-0.05, 0) is 35.9 Å². The van der Waals surface area contributed by atoms with E-state index in [4.69, 9.17) is 21.4 Å². The summed E-state index contributed by atoms with van der Waals surface area (Å²) in [6, 6.07) is 26.4. The molecule has 0 radical (unpaired) electrons. The molecule has 0 aromatic heterocycles. The number of hydrogen-bond acceptors (Lipinski definition) is 3. The molecule has 1 unspecified atom stereocenters. The van der Waals surface area contributed by atoms with Crippen molar-refractivity contribution in [2.75, 3.05) is 12.1 Å². The van der Waals surface area contributed by atoms with Crippen molar-refractivity contribution in [1.29, 1.82) is 0 Å². The van der Waals surface area contributed by atoms with E-state index in [1.807, 2.05) is 48.5 Å². The predicted octanol–water partition coefficient (Wildman–Crippen LogP) is 5.70. The molecule has 0 saturated heterocycles. The highest BCUT2D eigenvalue weighted by Crippen LogP contribution is 2.38. The summed E-state index contributed by atoms with van der Waals surface area (Å²) in [4.78, 5) is 0. The first-order chi connectivity index (χ1) is 12.8. The van der Waals surface area contributed by atoms with Gasteiger partial charge in [0.15, 0.2) is 0 Å². The highest BCUT2D eigenvalue weighted by Gasteiger charge is 2.30. The quantitative estimate of drug-likeness (QED) is 0.594. The predicted molar refractivity (Wildman–Crippen MR) is 107 cm³/mol. The van der Waals surface area contributed by atoms with Crippen molar-refractivity contribution in [3.8, 4) is 5.75 Å². The minimum atomic E-state index is 0.120. The van der Waals surface area contributed by atoms with Crippen LogP contribution < -0.4 is 9.75 Å². The molecule has 4 heteroatoms. The summed E-state index contributed by atoms with van der Waals surface area (Å²) in [5, 5.41) is 7.71. The molecule has 0 saturated carbocycles. The minimum Gasteiger partial charge on any atom is -0.496 e. The third kappa shape index (κ3) is 3.18. The minimum absolute atomic E-state index is 0.120. The molecule has 4 rings (SSSR count). The van der Waals surface area contributed by atoms with Crippen molar-refractivity contribution in [3.05, 3.63) is 95.0 Å². The van der Waals surface area contributed by atoms with Crippen LogP contribution in [-0.4, -0.2) is 12.8 Å². The lowest BCUT2D eigenvalue weighted by molar-refractivity contribution is 0.414. The molecule has 1 atom stereocenters. The standard InChI is InChI=1S/C22H19ClN2O/c1-26-22-13-6-5-12-19(22)20-15-21(16-8-3-2-4-9-16)25(24-20)18-11-7-10-17(23)14-18/h2-14,21H,15H2,1H3. The molecular formula is C22H19ClN2O. The maximum atomic E-state index is 6.22. The number of methoxy groups -OCH3 is 1. The number of hydrazone groups is 1. The number of nitrogens with zero attached hydrogens (tertiary/aromatic N) is 2. The Labute approximate surface area is 158 Å². The Morgan fingerprint density at radius 1 is 0.962 bits per heavy atom. The van der Waals surface area contributed by atoms with Gasteiger partial charge in [-0.25, -0.2) is 0 Å². The van der Waals surface area contributed by atoms with E-state index in [0.29, 0.717) is 5.02 Å². The lowest BCUT2D eigenvalue weighted by Crippen LogP contribution is -2.18.